The molecule has 1 N–H and O–H groups in total. The van der Waals surface area contributed by atoms with Gasteiger partial charge in [-0.05, 0) is 37.7 Å². The highest BCUT2D eigenvalue weighted by Gasteiger charge is 1.86. The highest BCUT2D eigenvalue weighted by molar-refractivity contribution is 14.1. The quantitative estimate of drug-likeness (QED) is 0.327. The summed E-state index contributed by atoms with van der Waals surface area (Å²) in [6, 6.07) is 0. The first-order valence-electron chi connectivity index (χ1n) is 4.67. The fourth-order valence-corrected chi connectivity index (χ4v) is 1.44. The van der Waals surface area contributed by atoms with Gasteiger partial charge in [0.1, 0.15) is 0 Å². The van der Waals surface area contributed by atoms with Crippen molar-refractivity contribution < 1.29 is 0 Å². The van der Waals surface area contributed by atoms with E-state index < -0.39 is 0 Å². The van der Waals surface area contributed by atoms with Gasteiger partial charge in [0.2, 0.25) is 0 Å². The van der Waals surface area contributed by atoms with Crippen LogP contribution in [0.1, 0.15) is 33.1 Å². The third kappa shape index (κ3) is 10.4. The van der Waals surface area contributed by atoms with Gasteiger partial charge in [-0.1, -0.05) is 40.7 Å². The molecule has 0 aromatic heterocycles. The average Bonchev–Trinajstić information content (AvgIpc) is 2.02. The summed E-state index contributed by atoms with van der Waals surface area (Å²) in [5.74, 6) is 0. The van der Waals surface area contributed by atoms with Gasteiger partial charge in [0, 0.05) is 6.54 Å². The van der Waals surface area contributed by atoms with Crippen LogP contribution in [0.3, 0.4) is 0 Å². The summed E-state index contributed by atoms with van der Waals surface area (Å²) < 4.78 is 1.30. The second-order valence-corrected chi connectivity index (χ2v) is 4.31. The van der Waals surface area contributed by atoms with E-state index in [0.717, 1.165) is 6.54 Å². The van der Waals surface area contributed by atoms with E-state index in [-0.39, 0.29) is 0 Å². The van der Waals surface area contributed by atoms with Crippen molar-refractivity contribution in [2.75, 3.05) is 17.5 Å². The van der Waals surface area contributed by atoms with E-state index in [1.54, 1.807) is 0 Å². The summed E-state index contributed by atoms with van der Waals surface area (Å²) in [6.07, 6.45) is 6.29. The van der Waals surface area contributed by atoms with Crippen LogP contribution in [0.4, 0.5) is 0 Å². The lowest BCUT2D eigenvalue weighted by Gasteiger charge is -2.00. The van der Waals surface area contributed by atoms with Crippen molar-refractivity contribution in [2.45, 2.75) is 33.1 Å². The zero-order valence-electron chi connectivity index (χ0n) is 8.20. The van der Waals surface area contributed by atoms with Crippen LogP contribution < -0.4 is 5.32 Å². The molecule has 72 valence electrons. The van der Waals surface area contributed by atoms with Crippen LogP contribution >= 0.6 is 22.6 Å². The highest BCUT2D eigenvalue weighted by Crippen LogP contribution is 1.97. The minimum Gasteiger partial charge on any atom is -0.313 e. The van der Waals surface area contributed by atoms with Crippen LogP contribution in [0.2, 0.25) is 0 Å². The van der Waals surface area contributed by atoms with E-state index in [4.69, 9.17) is 0 Å². The van der Waals surface area contributed by atoms with Gasteiger partial charge >= 0.3 is 0 Å². The lowest BCUT2D eigenvalue weighted by atomic mass is 10.2. The fourth-order valence-electron chi connectivity index (χ4n) is 0.900. The number of halogens is 1. The van der Waals surface area contributed by atoms with Crippen LogP contribution in [0.25, 0.3) is 0 Å². The predicted octanol–water partition coefficient (Wildman–Crippen LogP) is 3.15. The van der Waals surface area contributed by atoms with Gasteiger partial charge in [-0.25, -0.2) is 0 Å². The number of alkyl halides is 1. The van der Waals surface area contributed by atoms with Crippen LogP contribution in [-0.4, -0.2) is 17.5 Å². The van der Waals surface area contributed by atoms with Gasteiger partial charge in [0.25, 0.3) is 0 Å². The molecule has 1 nitrogen and oxygen atoms in total. The first kappa shape index (κ1) is 12.4. The Labute approximate surface area is 90.1 Å². The van der Waals surface area contributed by atoms with Crippen LogP contribution in [0.15, 0.2) is 11.6 Å². The minimum atomic E-state index is 1.03. The molecule has 0 saturated heterocycles. The average molecular weight is 281 g/mol. The van der Waals surface area contributed by atoms with Gasteiger partial charge in [0.15, 0.2) is 0 Å². The summed E-state index contributed by atoms with van der Waals surface area (Å²) in [6.45, 7) is 6.47. The number of hydrogen-bond acceptors (Lipinski definition) is 1. The minimum absolute atomic E-state index is 1.03. The zero-order chi connectivity index (χ0) is 9.23. The summed E-state index contributed by atoms with van der Waals surface area (Å²) in [7, 11) is 0. The van der Waals surface area contributed by atoms with Crippen molar-refractivity contribution in [3.63, 3.8) is 0 Å². The molecule has 0 heterocycles. The highest BCUT2D eigenvalue weighted by atomic mass is 127. The normalized spacial score (nSPS) is 9.92. The molecule has 0 rings (SSSR count). The van der Waals surface area contributed by atoms with Crippen molar-refractivity contribution in [1.82, 2.24) is 5.32 Å². The topological polar surface area (TPSA) is 12.0 Å². The Morgan fingerprint density at radius 1 is 1.25 bits per heavy atom. The lowest BCUT2D eigenvalue weighted by molar-refractivity contribution is 0.650. The summed E-state index contributed by atoms with van der Waals surface area (Å²) in [4.78, 5) is 0. The molecular weight excluding hydrogens is 261 g/mol. The molecule has 0 fully saturated rings. The number of nitrogens with one attached hydrogen (secondary N) is 1. The maximum Gasteiger partial charge on any atom is 0.0137 e. The van der Waals surface area contributed by atoms with E-state index >= 15 is 0 Å². The first-order chi connectivity index (χ1) is 5.77. The van der Waals surface area contributed by atoms with Gasteiger partial charge in [0.05, 0.1) is 0 Å². The Morgan fingerprint density at radius 3 is 2.58 bits per heavy atom. The molecule has 12 heavy (non-hydrogen) atoms. The zero-order valence-corrected chi connectivity index (χ0v) is 10.4. The molecule has 0 saturated carbocycles. The van der Waals surface area contributed by atoms with Gasteiger partial charge < -0.3 is 5.32 Å². The molecule has 0 aromatic rings. The maximum absolute atomic E-state index is 3.40. The largest absolute Gasteiger partial charge is 0.313 e. The molecule has 0 aromatic carbocycles. The smallest absolute Gasteiger partial charge is 0.0137 e. The van der Waals surface area contributed by atoms with Gasteiger partial charge in [-0.2, -0.15) is 0 Å². The maximum atomic E-state index is 3.40. The molecule has 0 spiro atoms. The van der Waals surface area contributed by atoms with Crippen molar-refractivity contribution in [2.24, 2.45) is 0 Å². The second-order valence-electron chi connectivity index (χ2n) is 3.24. The van der Waals surface area contributed by atoms with Crippen LogP contribution in [0, 0.1) is 0 Å². The summed E-state index contributed by atoms with van der Waals surface area (Å²) in [5.41, 5.74) is 1.40. The number of unbranched alkanes of at least 4 members (excludes halogenated alkanes) is 2. The molecule has 0 bridgehead atoms. The van der Waals surface area contributed by atoms with Crippen molar-refractivity contribution in [1.29, 1.82) is 0 Å². The monoisotopic (exact) mass is 281 g/mol. The molecular formula is C10H20IN. The summed E-state index contributed by atoms with van der Waals surface area (Å²) in [5, 5.41) is 3.40. The van der Waals surface area contributed by atoms with Gasteiger partial charge in [-0.3, -0.25) is 0 Å². The van der Waals surface area contributed by atoms with E-state index in [1.165, 1.54) is 35.8 Å². The van der Waals surface area contributed by atoms with E-state index in [0.29, 0.717) is 0 Å². The second kappa shape index (κ2) is 9.52. The predicted molar refractivity (Wildman–Crippen MR) is 65.0 cm³/mol. The molecule has 0 atom stereocenters. The van der Waals surface area contributed by atoms with E-state index in [9.17, 15) is 0 Å². The number of rotatable bonds is 7. The fraction of sp³-hybridized carbons (Fsp3) is 0.800. The molecule has 0 aliphatic heterocycles. The van der Waals surface area contributed by atoms with Gasteiger partial charge in [-0.15, -0.1) is 0 Å². The molecule has 0 aliphatic rings. The Balaban J connectivity index is 2.96. The standard InChI is InChI=1S/C10H20IN/c1-10(2)6-9-12-8-5-3-4-7-11/h6,12H,3-5,7-9H2,1-2H3. The molecule has 0 aliphatic carbocycles. The Bertz CT molecular complexity index is 117. The first-order valence-corrected chi connectivity index (χ1v) is 6.20. The van der Waals surface area contributed by atoms with E-state index in [2.05, 4.69) is 47.8 Å². The Kier molecular flexibility index (Phi) is 9.86. The van der Waals surface area contributed by atoms with Crippen LogP contribution in [0.5, 0.6) is 0 Å². The molecule has 2 heteroatoms. The third-order valence-corrected chi connectivity index (χ3v) is 2.40. The number of allylic oxidation sites excluding steroid dienone is 1. The SMILES string of the molecule is CC(C)=CCNCCCCCI. The third-order valence-electron chi connectivity index (χ3n) is 1.64. The van der Waals surface area contributed by atoms with Crippen molar-refractivity contribution in [3.05, 3.63) is 11.6 Å². The molecule has 0 amide bonds. The van der Waals surface area contributed by atoms with E-state index in [1.807, 2.05) is 0 Å². The molecule has 0 unspecified atom stereocenters. The van der Waals surface area contributed by atoms with Crippen molar-refractivity contribution >= 4 is 22.6 Å². The van der Waals surface area contributed by atoms with Crippen molar-refractivity contribution in [3.8, 4) is 0 Å². The Morgan fingerprint density at radius 2 is 2.00 bits per heavy atom. The lowest BCUT2D eigenvalue weighted by Crippen LogP contribution is -2.15. The molecule has 0 radical (unpaired) electrons. The van der Waals surface area contributed by atoms with Crippen LogP contribution in [-0.2, 0) is 0 Å². The Hall–Kier alpha value is 0.430. The number of hydrogen-bond donors (Lipinski definition) is 1. The summed E-state index contributed by atoms with van der Waals surface area (Å²) >= 11 is 2.43.